The van der Waals surface area contributed by atoms with E-state index in [0.717, 1.165) is 56.8 Å². The fraction of sp³-hybridized carbons (Fsp3) is 0.652. The molecule has 0 spiro atoms. The summed E-state index contributed by atoms with van der Waals surface area (Å²) in [6, 6.07) is 8.29. The minimum absolute atomic E-state index is 0.142. The average molecular weight is 417 g/mol. The molecule has 0 radical (unpaired) electrons. The Balaban J connectivity index is 1.45. The molecule has 0 aliphatic carbocycles. The van der Waals surface area contributed by atoms with Crippen LogP contribution >= 0.6 is 0 Å². The Bertz CT molecular complexity index is 703. The lowest BCUT2D eigenvalue weighted by molar-refractivity contribution is -0.128. The van der Waals surface area contributed by atoms with Crippen molar-refractivity contribution in [2.45, 2.75) is 52.2 Å². The van der Waals surface area contributed by atoms with E-state index in [1.807, 2.05) is 23.1 Å². The topological polar surface area (TPSA) is 73.9 Å². The number of benzene rings is 1. The van der Waals surface area contributed by atoms with Crippen molar-refractivity contribution in [3.63, 3.8) is 0 Å². The van der Waals surface area contributed by atoms with Crippen LogP contribution in [-0.2, 0) is 22.6 Å². The second-order valence-electron chi connectivity index (χ2n) is 8.73. The van der Waals surface area contributed by atoms with Crippen molar-refractivity contribution in [3.05, 3.63) is 35.4 Å². The third-order valence-corrected chi connectivity index (χ3v) is 5.79. The van der Waals surface area contributed by atoms with E-state index in [1.165, 1.54) is 0 Å². The minimum atomic E-state index is -0.142. The number of carbonyl (C=O) groups excluding carboxylic acids is 2. The highest BCUT2D eigenvalue weighted by Crippen LogP contribution is 2.15. The quantitative estimate of drug-likeness (QED) is 0.648. The Morgan fingerprint density at radius 3 is 2.60 bits per heavy atom. The standard InChI is InChI=1S/C23H36N4O3/c1-18(2)13-21(26-9-11-30-12-10-26)16-25-23(29)24-15-19-5-3-6-20(14-19)17-27-8-4-7-22(27)28/h3,5-6,14,18,21H,4,7-13,15-17H2,1-2H3,(H2,24,25,29). The number of amides is 3. The number of hydrogen-bond donors (Lipinski definition) is 2. The molecule has 0 bridgehead atoms. The normalized spacial score (nSPS) is 18.6. The number of hydrogen-bond acceptors (Lipinski definition) is 4. The number of morpholine rings is 1. The summed E-state index contributed by atoms with van der Waals surface area (Å²) >= 11 is 0. The SMILES string of the molecule is CC(C)CC(CNC(=O)NCc1cccc(CN2CCCC2=O)c1)N1CCOCC1. The molecule has 2 aliphatic rings. The molecule has 1 aromatic carbocycles. The van der Waals surface area contributed by atoms with Crippen LogP contribution in [0.15, 0.2) is 24.3 Å². The molecule has 1 unspecified atom stereocenters. The Hall–Kier alpha value is -2.12. The van der Waals surface area contributed by atoms with Crippen LogP contribution in [-0.4, -0.2) is 67.2 Å². The van der Waals surface area contributed by atoms with Gasteiger partial charge in [0, 0.05) is 51.7 Å². The third-order valence-electron chi connectivity index (χ3n) is 5.79. The molecule has 2 saturated heterocycles. The highest BCUT2D eigenvalue weighted by molar-refractivity contribution is 5.78. The van der Waals surface area contributed by atoms with Gasteiger partial charge in [0.1, 0.15) is 0 Å². The number of rotatable bonds is 9. The Morgan fingerprint density at radius 2 is 1.90 bits per heavy atom. The molecule has 1 aromatic rings. The van der Waals surface area contributed by atoms with E-state index in [4.69, 9.17) is 4.74 Å². The second-order valence-corrected chi connectivity index (χ2v) is 8.73. The van der Waals surface area contributed by atoms with Crippen LogP contribution in [0.2, 0.25) is 0 Å². The van der Waals surface area contributed by atoms with Crippen molar-refractivity contribution in [3.8, 4) is 0 Å². The predicted octanol–water partition coefficient (Wildman–Crippen LogP) is 2.36. The first-order valence-electron chi connectivity index (χ1n) is 11.2. The summed E-state index contributed by atoms with van der Waals surface area (Å²) in [4.78, 5) is 28.5. The van der Waals surface area contributed by atoms with Crippen LogP contribution < -0.4 is 10.6 Å². The number of urea groups is 1. The maximum absolute atomic E-state index is 12.4. The molecule has 3 rings (SSSR count). The van der Waals surface area contributed by atoms with Crippen LogP contribution in [0.3, 0.4) is 0 Å². The molecule has 166 valence electrons. The third kappa shape index (κ3) is 6.99. The zero-order chi connectivity index (χ0) is 21.3. The van der Waals surface area contributed by atoms with Crippen LogP contribution in [0.4, 0.5) is 4.79 Å². The zero-order valence-corrected chi connectivity index (χ0v) is 18.4. The van der Waals surface area contributed by atoms with Gasteiger partial charge in [0.05, 0.1) is 13.2 Å². The van der Waals surface area contributed by atoms with Crippen molar-refractivity contribution >= 4 is 11.9 Å². The molecule has 2 heterocycles. The summed E-state index contributed by atoms with van der Waals surface area (Å²) in [5, 5.41) is 6.02. The summed E-state index contributed by atoms with van der Waals surface area (Å²) in [7, 11) is 0. The van der Waals surface area contributed by atoms with E-state index in [9.17, 15) is 9.59 Å². The zero-order valence-electron chi connectivity index (χ0n) is 18.4. The fourth-order valence-electron chi connectivity index (χ4n) is 4.23. The molecule has 2 N–H and O–H groups in total. The van der Waals surface area contributed by atoms with E-state index in [1.54, 1.807) is 0 Å². The monoisotopic (exact) mass is 416 g/mol. The van der Waals surface area contributed by atoms with Crippen molar-refractivity contribution in [2.75, 3.05) is 39.4 Å². The van der Waals surface area contributed by atoms with Gasteiger partial charge in [0.25, 0.3) is 0 Å². The minimum Gasteiger partial charge on any atom is -0.379 e. The largest absolute Gasteiger partial charge is 0.379 e. The Kier molecular flexibility index (Phi) is 8.51. The van der Waals surface area contributed by atoms with Crippen molar-refractivity contribution in [2.24, 2.45) is 5.92 Å². The summed E-state index contributed by atoms with van der Waals surface area (Å²) in [6.07, 6.45) is 2.66. The average Bonchev–Trinajstić information content (AvgIpc) is 3.14. The van der Waals surface area contributed by atoms with Crippen molar-refractivity contribution in [1.82, 2.24) is 20.4 Å². The maximum atomic E-state index is 12.4. The van der Waals surface area contributed by atoms with Crippen molar-refractivity contribution in [1.29, 1.82) is 0 Å². The maximum Gasteiger partial charge on any atom is 0.315 e. The summed E-state index contributed by atoms with van der Waals surface area (Å²) < 4.78 is 5.46. The van der Waals surface area contributed by atoms with E-state index in [2.05, 4.69) is 35.4 Å². The predicted molar refractivity (Wildman–Crippen MR) is 117 cm³/mol. The van der Waals surface area contributed by atoms with Crippen LogP contribution in [0.1, 0.15) is 44.2 Å². The first kappa shape index (κ1) is 22.6. The van der Waals surface area contributed by atoms with Gasteiger partial charge >= 0.3 is 6.03 Å². The molecule has 7 heteroatoms. The van der Waals surface area contributed by atoms with Gasteiger partial charge in [-0.15, -0.1) is 0 Å². The lowest BCUT2D eigenvalue weighted by atomic mass is 10.0. The summed E-state index contributed by atoms with van der Waals surface area (Å²) in [6.45, 7) is 10.4. The number of carbonyl (C=O) groups is 2. The highest BCUT2D eigenvalue weighted by Gasteiger charge is 2.22. The Labute approximate surface area is 180 Å². The van der Waals surface area contributed by atoms with Gasteiger partial charge in [-0.25, -0.2) is 4.79 Å². The van der Waals surface area contributed by atoms with Crippen molar-refractivity contribution < 1.29 is 14.3 Å². The second kappa shape index (κ2) is 11.3. The lowest BCUT2D eigenvalue weighted by Gasteiger charge is -2.35. The van der Waals surface area contributed by atoms with Crippen LogP contribution in [0.25, 0.3) is 0 Å². The molecule has 0 aromatic heterocycles. The molecule has 7 nitrogen and oxygen atoms in total. The van der Waals surface area contributed by atoms with E-state index >= 15 is 0 Å². The number of nitrogens with zero attached hydrogens (tertiary/aromatic N) is 2. The van der Waals surface area contributed by atoms with Crippen LogP contribution in [0.5, 0.6) is 0 Å². The molecule has 2 aliphatic heterocycles. The first-order valence-corrected chi connectivity index (χ1v) is 11.2. The molecule has 2 fully saturated rings. The fourth-order valence-corrected chi connectivity index (χ4v) is 4.23. The number of nitrogens with one attached hydrogen (secondary N) is 2. The van der Waals surface area contributed by atoms with E-state index < -0.39 is 0 Å². The molecular weight excluding hydrogens is 380 g/mol. The molecule has 0 saturated carbocycles. The van der Waals surface area contributed by atoms with Gasteiger partial charge in [-0.05, 0) is 29.9 Å². The van der Waals surface area contributed by atoms with Gasteiger partial charge in [-0.3, -0.25) is 9.69 Å². The Morgan fingerprint density at radius 1 is 1.13 bits per heavy atom. The molecule has 30 heavy (non-hydrogen) atoms. The van der Waals surface area contributed by atoms with Gasteiger partial charge in [0.2, 0.25) is 5.91 Å². The summed E-state index contributed by atoms with van der Waals surface area (Å²) in [5.74, 6) is 0.807. The summed E-state index contributed by atoms with van der Waals surface area (Å²) in [5.41, 5.74) is 2.15. The smallest absolute Gasteiger partial charge is 0.315 e. The van der Waals surface area contributed by atoms with Gasteiger partial charge in [-0.1, -0.05) is 38.1 Å². The highest BCUT2D eigenvalue weighted by atomic mass is 16.5. The van der Waals surface area contributed by atoms with Gasteiger partial charge in [0.15, 0.2) is 0 Å². The van der Waals surface area contributed by atoms with Gasteiger partial charge < -0.3 is 20.3 Å². The van der Waals surface area contributed by atoms with E-state index in [-0.39, 0.29) is 11.9 Å². The van der Waals surface area contributed by atoms with E-state index in [0.29, 0.717) is 38.0 Å². The molecule has 1 atom stereocenters. The lowest BCUT2D eigenvalue weighted by Crippen LogP contribution is -2.50. The van der Waals surface area contributed by atoms with Crippen LogP contribution in [0, 0.1) is 5.92 Å². The number of likely N-dealkylation sites (tertiary alicyclic amines) is 1. The first-order chi connectivity index (χ1) is 14.5. The van der Waals surface area contributed by atoms with Gasteiger partial charge in [-0.2, -0.15) is 0 Å². The molecular formula is C23H36N4O3. The number of ether oxygens (including phenoxy) is 1. The molecule has 3 amide bonds.